The van der Waals surface area contributed by atoms with Crippen molar-refractivity contribution in [2.24, 2.45) is 0 Å². The summed E-state index contributed by atoms with van der Waals surface area (Å²) < 4.78 is 6.69. The molecule has 1 aliphatic heterocycles. The summed E-state index contributed by atoms with van der Waals surface area (Å²) >= 11 is 0. The Labute approximate surface area is 175 Å². The van der Waals surface area contributed by atoms with E-state index in [1.165, 1.54) is 10.7 Å². The zero-order valence-corrected chi connectivity index (χ0v) is 16.9. The summed E-state index contributed by atoms with van der Waals surface area (Å²) in [5, 5.41) is 4.39. The number of anilines is 1. The molecule has 7 heteroatoms. The van der Waals surface area contributed by atoms with E-state index in [4.69, 9.17) is 4.74 Å². The molecule has 0 unspecified atom stereocenters. The van der Waals surface area contributed by atoms with E-state index in [-0.39, 0.29) is 18.0 Å². The Balaban J connectivity index is 1.42. The molecule has 1 aromatic heterocycles. The zero-order chi connectivity index (χ0) is 20.9. The van der Waals surface area contributed by atoms with Crippen molar-refractivity contribution >= 4 is 11.6 Å². The normalized spacial score (nSPS) is 13.9. The Kier molecular flexibility index (Phi) is 5.79. The van der Waals surface area contributed by atoms with E-state index in [0.29, 0.717) is 31.9 Å². The number of aromatic nitrogens is 2. The predicted molar refractivity (Wildman–Crippen MR) is 116 cm³/mol. The Hall–Kier alpha value is -3.61. The lowest BCUT2D eigenvalue weighted by Crippen LogP contribution is -2.50. The molecular formula is C23H24N4O3. The van der Waals surface area contributed by atoms with Crippen molar-refractivity contribution in [3.63, 3.8) is 0 Å². The number of carbonyl (C=O) groups is 1. The van der Waals surface area contributed by atoms with Crippen LogP contribution in [0.5, 0.6) is 5.75 Å². The van der Waals surface area contributed by atoms with Crippen molar-refractivity contribution in [3.05, 3.63) is 77.1 Å². The Morgan fingerprint density at radius 2 is 1.63 bits per heavy atom. The van der Waals surface area contributed by atoms with Crippen LogP contribution in [0.2, 0.25) is 0 Å². The first-order valence-corrected chi connectivity index (χ1v) is 9.95. The standard InChI is InChI=1S/C23H24N4O3/c1-30-21-10-6-5-9-20(21)25-13-15-26(16-14-25)23(29)17-27-22(28)12-11-19(24-27)18-7-3-2-4-8-18/h2-12H,13-17H2,1H3. The molecule has 0 bridgehead atoms. The van der Waals surface area contributed by atoms with Crippen LogP contribution in [0.4, 0.5) is 5.69 Å². The van der Waals surface area contributed by atoms with Gasteiger partial charge in [0.25, 0.3) is 5.56 Å². The molecule has 30 heavy (non-hydrogen) atoms. The molecule has 1 fully saturated rings. The predicted octanol–water partition coefficient (Wildman–Crippen LogP) is 2.27. The summed E-state index contributed by atoms with van der Waals surface area (Å²) in [6, 6.07) is 20.6. The number of piperazine rings is 1. The summed E-state index contributed by atoms with van der Waals surface area (Å²) in [6.07, 6.45) is 0. The number of ether oxygens (including phenoxy) is 1. The molecule has 1 amide bonds. The van der Waals surface area contributed by atoms with Gasteiger partial charge in [-0.05, 0) is 18.2 Å². The maximum absolute atomic E-state index is 12.8. The van der Waals surface area contributed by atoms with E-state index in [1.807, 2.05) is 54.6 Å². The Morgan fingerprint density at radius 3 is 2.37 bits per heavy atom. The van der Waals surface area contributed by atoms with E-state index in [0.717, 1.165) is 17.0 Å². The molecule has 0 aliphatic carbocycles. The van der Waals surface area contributed by atoms with Crippen LogP contribution in [0.15, 0.2) is 71.5 Å². The van der Waals surface area contributed by atoms with Crippen LogP contribution in [0.1, 0.15) is 0 Å². The van der Waals surface area contributed by atoms with Crippen LogP contribution in [0.25, 0.3) is 11.3 Å². The van der Waals surface area contributed by atoms with Crippen LogP contribution in [0, 0.1) is 0 Å². The van der Waals surface area contributed by atoms with Gasteiger partial charge in [-0.2, -0.15) is 5.10 Å². The van der Waals surface area contributed by atoms with Gasteiger partial charge < -0.3 is 14.5 Å². The zero-order valence-electron chi connectivity index (χ0n) is 16.9. The second-order valence-electron chi connectivity index (χ2n) is 7.12. The second-order valence-corrected chi connectivity index (χ2v) is 7.12. The summed E-state index contributed by atoms with van der Waals surface area (Å²) in [5.41, 5.74) is 2.32. The summed E-state index contributed by atoms with van der Waals surface area (Å²) in [6.45, 7) is 2.53. The van der Waals surface area contributed by atoms with Crippen molar-refractivity contribution in [2.45, 2.75) is 6.54 Å². The van der Waals surface area contributed by atoms with E-state index in [9.17, 15) is 9.59 Å². The minimum Gasteiger partial charge on any atom is -0.495 e. The molecular weight excluding hydrogens is 380 g/mol. The van der Waals surface area contributed by atoms with Gasteiger partial charge in [0.1, 0.15) is 12.3 Å². The number of nitrogens with zero attached hydrogens (tertiary/aromatic N) is 4. The molecule has 3 aromatic rings. The molecule has 0 radical (unpaired) electrons. The van der Waals surface area contributed by atoms with Gasteiger partial charge in [-0.15, -0.1) is 0 Å². The van der Waals surface area contributed by atoms with Crippen LogP contribution in [-0.4, -0.2) is 53.9 Å². The number of hydrogen-bond acceptors (Lipinski definition) is 5. The van der Waals surface area contributed by atoms with Gasteiger partial charge in [0.05, 0.1) is 18.5 Å². The van der Waals surface area contributed by atoms with Crippen LogP contribution in [-0.2, 0) is 11.3 Å². The van der Waals surface area contributed by atoms with Gasteiger partial charge in [0.2, 0.25) is 5.91 Å². The average molecular weight is 404 g/mol. The molecule has 154 valence electrons. The number of carbonyl (C=O) groups excluding carboxylic acids is 1. The lowest BCUT2D eigenvalue weighted by molar-refractivity contribution is -0.132. The summed E-state index contributed by atoms with van der Waals surface area (Å²) in [7, 11) is 1.66. The number of amides is 1. The van der Waals surface area contributed by atoms with E-state index < -0.39 is 0 Å². The number of para-hydroxylation sites is 2. The van der Waals surface area contributed by atoms with Crippen molar-refractivity contribution in [1.29, 1.82) is 0 Å². The highest BCUT2D eigenvalue weighted by atomic mass is 16.5. The lowest BCUT2D eigenvalue weighted by atomic mass is 10.1. The first kappa shape index (κ1) is 19.7. The average Bonchev–Trinajstić information content (AvgIpc) is 2.81. The number of benzene rings is 2. The first-order chi connectivity index (χ1) is 14.7. The molecule has 0 saturated carbocycles. The van der Waals surface area contributed by atoms with Gasteiger partial charge in [-0.1, -0.05) is 42.5 Å². The molecule has 2 heterocycles. The minimum absolute atomic E-state index is 0.0613. The van der Waals surface area contributed by atoms with E-state index in [1.54, 1.807) is 18.1 Å². The molecule has 0 atom stereocenters. The van der Waals surface area contributed by atoms with Crippen LogP contribution in [0.3, 0.4) is 0 Å². The van der Waals surface area contributed by atoms with Gasteiger partial charge in [-0.25, -0.2) is 4.68 Å². The second kappa shape index (κ2) is 8.82. The van der Waals surface area contributed by atoms with Gasteiger partial charge >= 0.3 is 0 Å². The molecule has 2 aromatic carbocycles. The summed E-state index contributed by atoms with van der Waals surface area (Å²) in [5.74, 6) is 0.722. The van der Waals surface area contributed by atoms with Gasteiger partial charge in [0.15, 0.2) is 0 Å². The maximum Gasteiger partial charge on any atom is 0.267 e. The SMILES string of the molecule is COc1ccccc1N1CCN(C(=O)Cn2nc(-c3ccccc3)ccc2=O)CC1. The topological polar surface area (TPSA) is 67.7 Å². The minimum atomic E-state index is -0.282. The summed E-state index contributed by atoms with van der Waals surface area (Å²) in [4.78, 5) is 29.1. The van der Waals surface area contributed by atoms with Crippen molar-refractivity contribution in [1.82, 2.24) is 14.7 Å². The van der Waals surface area contributed by atoms with Crippen molar-refractivity contribution in [3.8, 4) is 17.0 Å². The van der Waals surface area contributed by atoms with Gasteiger partial charge in [0, 0.05) is 37.8 Å². The molecule has 0 N–H and O–H groups in total. The lowest BCUT2D eigenvalue weighted by Gasteiger charge is -2.36. The largest absolute Gasteiger partial charge is 0.495 e. The highest BCUT2D eigenvalue weighted by Crippen LogP contribution is 2.28. The quantitative estimate of drug-likeness (QED) is 0.653. The smallest absolute Gasteiger partial charge is 0.267 e. The molecule has 1 aliphatic rings. The number of methoxy groups -OCH3 is 1. The van der Waals surface area contributed by atoms with Gasteiger partial charge in [-0.3, -0.25) is 9.59 Å². The Bertz CT molecular complexity index is 1070. The fourth-order valence-corrected chi connectivity index (χ4v) is 3.64. The first-order valence-electron chi connectivity index (χ1n) is 9.95. The molecule has 0 spiro atoms. The molecule has 7 nitrogen and oxygen atoms in total. The third kappa shape index (κ3) is 4.20. The van der Waals surface area contributed by atoms with Crippen LogP contribution >= 0.6 is 0 Å². The third-order valence-electron chi connectivity index (χ3n) is 5.28. The highest BCUT2D eigenvalue weighted by molar-refractivity contribution is 5.76. The fraction of sp³-hybridized carbons (Fsp3) is 0.261. The Morgan fingerprint density at radius 1 is 0.933 bits per heavy atom. The highest BCUT2D eigenvalue weighted by Gasteiger charge is 2.23. The van der Waals surface area contributed by atoms with Crippen molar-refractivity contribution < 1.29 is 9.53 Å². The third-order valence-corrected chi connectivity index (χ3v) is 5.28. The molecule has 4 rings (SSSR count). The molecule has 1 saturated heterocycles. The van der Waals surface area contributed by atoms with Crippen LogP contribution < -0.4 is 15.2 Å². The monoisotopic (exact) mass is 404 g/mol. The van der Waals surface area contributed by atoms with Crippen molar-refractivity contribution in [2.75, 3.05) is 38.2 Å². The van der Waals surface area contributed by atoms with E-state index >= 15 is 0 Å². The number of rotatable bonds is 5. The fourth-order valence-electron chi connectivity index (χ4n) is 3.64. The number of hydrogen-bond donors (Lipinski definition) is 0. The maximum atomic E-state index is 12.8. The van der Waals surface area contributed by atoms with E-state index in [2.05, 4.69) is 10.00 Å².